The highest BCUT2D eigenvalue weighted by molar-refractivity contribution is 5.37. The number of aliphatic hydroxyl groups is 1. The highest BCUT2D eigenvalue weighted by Crippen LogP contribution is 2.65. The van der Waals surface area contributed by atoms with Crippen LogP contribution in [0.3, 0.4) is 0 Å². The fraction of sp³-hybridized carbons (Fsp3) is 0.500. The highest BCUT2D eigenvalue weighted by atomic mass is 16.6. The first-order valence-corrected chi connectivity index (χ1v) is 5.13. The predicted molar refractivity (Wildman–Crippen MR) is 52.9 cm³/mol. The topological polar surface area (TPSA) is 32.8 Å². The van der Waals surface area contributed by atoms with Crippen molar-refractivity contribution in [3.8, 4) is 0 Å². The number of hydrogen-bond donors (Lipinski definition) is 1. The average Bonchev–Trinajstić information content (AvgIpc) is 2.77. The van der Waals surface area contributed by atoms with E-state index in [1.54, 1.807) is 0 Å². The van der Waals surface area contributed by atoms with Crippen molar-refractivity contribution < 1.29 is 9.84 Å². The van der Waals surface area contributed by atoms with E-state index in [1.807, 2.05) is 30.3 Å². The lowest BCUT2D eigenvalue weighted by molar-refractivity contribution is 0.0609. The summed E-state index contributed by atoms with van der Waals surface area (Å²) in [6, 6.07) is 10.1. The van der Waals surface area contributed by atoms with Crippen LogP contribution in [0.4, 0.5) is 0 Å². The zero-order chi connectivity index (χ0) is 9.81. The Morgan fingerprint density at radius 2 is 2.07 bits per heavy atom. The van der Waals surface area contributed by atoms with Crippen LogP contribution in [0.15, 0.2) is 30.3 Å². The highest BCUT2D eigenvalue weighted by Gasteiger charge is 2.74. The van der Waals surface area contributed by atoms with Crippen molar-refractivity contribution >= 4 is 0 Å². The summed E-state index contributed by atoms with van der Waals surface area (Å²) >= 11 is 0. The Morgan fingerprint density at radius 1 is 1.36 bits per heavy atom. The van der Waals surface area contributed by atoms with E-state index in [1.165, 1.54) is 0 Å². The standard InChI is InChI=1S/C12H14O2/c1-11-8-7-10(13)12(11,14-11)9-5-3-2-4-6-9/h2-6,10,13H,7-8H2,1H3/t10-,11-,12+/m1/s1. The molecule has 2 nitrogen and oxygen atoms in total. The lowest BCUT2D eigenvalue weighted by atomic mass is 9.89. The van der Waals surface area contributed by atoms with Gasteiger partial charge in [-0.25, -0.2) is 0 Å². The van der Waals surface area contributed by atoms with Gasteiger partial charge in [0.2, 0.25) is 0 Å². The third-order valence-electron chi connectivity index (χ3n) is 3.70. The molecule has 1 N–H and O–H groups in total. The number of rotatable bonds is 1. The van der Waals surface area contributed by atoms with Gasteiger partial charge in [0, 0.05) is 0 Å². The van der Waals surface area contributed by atoms with E-state index in [-0.39, 0.29) is 11.7 Å². The second kappa shape index (κ2) is 2.38. The molecule has 1 aliphatic heterocycles. The summed E-state index contributed by atoms with van der Waals surface area (Å²) < 4.78 is 5.78. The molecular weight excluding hydrogens is 176 g/mol. The fourth-order valence-electron chi connectivity index (χ4n) is 2.84. The number of benzene rings is 1. The third-order valence-corrected chi connectivity index (χ3v) is 3.70. The first-order valence-electron chi connectivity index (χ1n) is 5.13. The van der Waals surface area contributed by atoms with Gasteiger partial charge in [-0.05, 0) is 25.3 Å². The second-order valence-corrected chi connectivity index (χ2v) is 4.49. The fourth-order valence-corrected chi connectivity index (χ4v) is 2.84. The molecule has 1 aromatic carbocycles. The molecule has 1 aromatic rings. The van der Waals surface area contributed by atoms with E-state index in [4.69, 9.17) is 4.74 Å². The Hall–Kier alpha value is -0.860. The molecule has 2 fully saturated rings. The lowest BCUT2D eigenvalue weighted by Crippen LogP contribution is -2.26. The van der Waals surface area contributed by atoms with Gasteiger partial charge in [0.1, 0.15) is 11.2 Å². The molecule has 0 aromatic heterocycles. The minimum absolute atomic E-state index is 0.117. The van der Waals surface area contributed by atoms with Crippen LogP contribution < -0.4 is 0 Å². The molecule has 0 amide bonds. The number of hydrogen-bond acceptors (Lipinski definition) is 2. The molecule has 0 radical (unpaired) electrons. The summed E-state index contributed by atoms with van der Waals surface area (Å²) in [6.45, 7) is 2.09. The normalized spacial score (nSPS) is 44.9. The van der Waals surface area contributed by atoms with Gasteiger partial charge >= 0.3 is 0 Å². The van der Waals surface area contributed by atoms with Crippen LogP contribution in [0, 0.1) is 0 Å². The second-order valence-electron chi connectivity index (χ2n) is 4.49. The van der Waals surface area contributed by atoms with E-state index in [2.05, 4.69) is 6.92 Å². The molecule has 2 aliphatic rings. The molecule has 0 unspecified atom stereocenters. The van der Waals surface area contributed by atoms with E-state index >= 15 is 0 Å². The first kappa shape index (κ1) is 8.45. The quantitative estimate of drug-likeness (QED) is 0.685. The molecule has 0 spiro atoms. The Kier molecular flexibility index (Phi) is 1.44. The van der Waals surface area contributed by atoms with Crippen molar-refractivity contribution in [1.82, 2.24) is 0 Å². The smallest absolute Gasteiger partial charge is 0.148 e. The molecule has 1 saturated carbocycles. The summed E-state index contributed by atoms with van der Waals surface area (Å²) in [5.74, 6) is 0. The predicted octanol–water partition coefficient (Wildman–Crippen LogP) is 1.83. The van der Waals surface area contributed by atoms with Crippen molar-refractivity contribution in [3.63, 3.8) is 0 Å². The molecule has 1 aliphatic carbocycles. The van der Waals surface area contributed by atoms with Crippen LogP contribution >= 0.6 is 0 Å². The maximum Gasteiger partial charge on any atom is 0.148 e. The Balaban J connectivity index is 2.07. The Labute approximate surface area is 83.5 Å². The van der Waals surface area contributed by atoms with Gasteiger partial charge in [-0.1, -0.05) is 30.3 Å². The SMILES string of the molecule is C[C@@]12CC[C@@H](O)[C@]1(c1ccccc1)O2. The maximum atomic E-state index is 9.98. The maximum absolute atomic E-state index is 9.98. The third kappa shape index (κ3) is 0.787. The largest absolute Gasteiger partial charge is 0.390 e. The first-order chi connectivity index (χ1) is 6.69. The van der Waals surface area contributed by atoms with E-state index in [9.17, 15) is 5.11 Å². The summed E-state index contributed by atoms with van der Waals surface area (Å²) in [4.78, 5) is 0. The molecule has 3 rings (SSSR count). The molecule has 1 heterocycles. The molecule has 74 valence electrons. The van der Waals surface area contributed by atoms with Crippen molar-refractivity contribution in [2.45, 2.75) is 37.1 Å². The van der Waals surface area contributed by atoms with Crippen LogP contribution in [0.2, 0.25) is 0 Å². The van der Waals surface area contributed by atoms with Gasteiger partial charge in [0.15, 0.2) is 0 Å². The van der Waals surface area contributed by atoms with Crippen LogP contribution in [-0.2, 0) is 10.3 Å². The molecule has 1 saturated heterocycles. The zero-order valence-corrected chi connectivity index (χ0v) is 8.23. The minimum atomic E-state index is -0.395. The van der Waals surface area contributed by atoms with Gasteiger partial charge < -0.3 is 9.84 Å². The summed E-state index contributed by atoms with van der Waals surface area (Å²) in [5, 5.41) is 9.98. The van der Waals surface area contributed by atoms with Gasteiger partial charge in [0.25, 0.3) is 0 Å². The molecule has 0 bridgehead atoms. The van der Waals surface area contributed by atoms with Gasteiger partial charge in [-0.3, -0.25) is 0 Å². The molecule has 14 heavy (non-hydrogen) atoms. The van der Waals surface area contributed by atoms with Gasteiger partial charge in [-0.2, -0.15) is 0 Å². The molecular formula is C12H14O2. The summed E-state index contributed by atoms with van der Waals surface area (Å²) in [6.07, 6.45) is 1.48. The van der Waals surface area contributed by atoms with Crippen molar-refractivity contribution in [1.29, 1.82) is 0 Å². The zero-order valence-electron chi connectivity index (χ0n) is 8.23. The number of fused-ring (bicyclic) bond motifs is 1. The van der Waals surface area contributed by atoms with Crippen molar-refractivity contribution in [2.24, 2.45) is 0 Å². The van der Waals surface area contributed by atoms with E-state index in [0.717, 1.165) is 18.4 Å². The summed E-state index contributed by atoms with van der Waals surface area (Å²) in [5.41, 5.74) is 0.606. The lowest BCUT2D eigenvalue weighted by Gasteiger charge is -2.15. The van der Waals surface area contributed by atoms with Crippen LogP contribution in [-0.4, -0.2) is 16.8 Å². The Morgan fingerprint density at radius 3 is 2.57 bits per heavy atom. The van der Waals surface area contributed by atoms with Crippen LogP contribution in [0.1, 0.15) is 25.3 Å². The van der Waals surface area contributed by atoms with E-state index in [0.29, 0.717) is 0 Å². The minimum Gasteiger partial charge on any atom is -0.390 e. The number of epoxide rings is 1. The Bertz CT molecular complexity index is 362. The monoisotopic (exact) mass is 190 g/mol. The van der Waals surface area contributed by atoms with Crippen LogP contribution in [0.5, 0.6) is 0 Å². The molecule has 3 atom stereocenters. The average molecular weight is 190 g/mol. The van der Waals surface area contributed by atoms with Gasteiger partial charge in [0.05, 0.1) is 6.10 Å². The van der Waals surface area contributed by atoms with E-state index < -0.39 is 5.60 Å². The van der Waals surface area contributed by atoms with Crippen LogP contribution in [0.25, 0.3) is 0 Å². The molecule has 2 heteroatoms. The van der Waals surface area contributed by atoms with Crippen molar-refractivity contribution in [2.75, 3.05) is 0 Å². The van der Waals surface area contributed by atoms with Gasteiger partial charge in [-0.15, -0.1) is 0 Å². The number of aliphatic hydroxyl groups excluding tert-OH is 1. The summed E-state index contributed by atoms with van der Waals surface area (Å²) in [7, 11) is 0. The number of ether oxygens (including phenoxy) is 1. The van der Waals surface area contributed by atoms with Crippen molar-refractivity contribution in [3.05, 3.63) is 35.9 Å².